The molecule has 3 heteroatoms. The Morgan fingerprint density at radius 1 is 1.38 bits per heavy atom. The normalized spacial score (nSPS) is 11.1. The highest BCUT2D eigenvalue weighted by Crippen LogP contribution is 2.17. The van der Waals surface area contributed by atoms with Crippen LogP contribution in [-0.2, 0) is 0 Å². The van der Waals surface area contributed by atoms with Crippen LogP contribution in [0.25, 0.3) is 5.70 Å². The summed E-state index contributed by atoms with van der Waals surface area (Å²) in [5.74, 6) is 0.866. The van der Waals surface area contributed by atoms with Crippen molar-refractivity contribution >= 4 is 5.70 Å². The largest absolute Gasteiger partial charge is 0.303 e. The first-order chi connectivity index (χ1) is 7.83. The molecule has 2 rings (SSSR count). The van der Waals surface area contributed by atoms with Gasteiger partial charge in [-0.1, -0.05) is 30.3 Å². The van der Waals surface area contributed by atoms with Gasteiger partial charge in [-0.25, -0.2) is 4.98 Å². The van der Waals surface area contributed by atoms with Crippen LogP contribution in [0, 0.1) is 18.3 Å². The van der Waals surface area contributed by atoms with Crippen LogP contribution in [0.2, 0.25) is 0 Å². The molecule has 0 aliphatic carbocycles. The summed E-state index contributed by atoms with van der Waals surface area (Å²) in [5, 5.41) is 8.83. The fraction of sp³-hybridized carbons (Fsp3) is 0.0769. The molecule has 0 amide bonds. The first-order valence-corrected chi connectivity index (χ1v) is 4.98. The van der Waals surface area contributed by atoms with Crippen molar-refractivity contribution in [3.63, 3.8) is 0 Å². The molecule has 1 aromatic heterocycles. The lowest BCUT2D eigenvalue weighted by Gasteiger charge is -2.09. The summed E-state index contributed by atoms with van der Waals surface area (Å²) in [6, 6.07) is 11.9. The van der Waals surface area contributed by atoms with Gasteiger partial charge in [0, 0.05) is 18.5 Å². The van der Waals surface area contributed by atoms with Gasteiger partial charge in [-0.2, -0.15) is 5.26 Å². The number of hydrogen-bond acceptors (Lipinski definition) is 2. The predicted octanol–water partition coefficient (Wildman–Crippen LogP) is 2.60. The van der Waals surface area contributed by atoms with Crippen molar-refractivity contribution < 1.29 is 0 Å². The van der Waals surface area contributed by atoms with E-state index >= 15 is 0 Å². The van der Waals surface area contributed by atoms with Crippen molar-refractivity contribution in [1.82, 2.24) is 9.55 Å². The van der Waals surface area contributed by atoms with Gasteiger partial charge in [0.25, 0.3) is 0 Å². The third-order valence-corrected chi connectivity index (χ3v) is 2.36. The summed E-state index contributed by atoms with van der Waals surface area (Å²) in [7, 11) is 0. The zero-order chi connectivity index (χ0) is 11.4. The molecule has 78 valence electrons. The van der Waals surface area contributed by atoms with E-state index < -0.39 is 0 Å². The molecule has 0 fully saturated rings. The Kier molecular flexibility index (Phi) is 2.84. The molecule has 0 saturated heterocycles. The average Bonchev–Trinajstić information content (AvgIpc) is 2.73. The number of nitrogens with zero attached hydrogens (tertiary/aromatic N) is 3. The molecule has 0 N–H and O–H groups in total. The fourth-order valence-corrected chi connectivity index (χ4v) is 1.59. The van der Waals surface area contributed by atoms with Crippen LogP contribution in [0.3, 0.4) is 0 Å². The first-order valence-electron chi connectivity index (χ1n) is 4.98. The van der Waals surface area contributed by atoms with E-state index in [1.165, 1.54) is 6.08 Å². The van der Waals surface area contributed by atoms with Crippen LogP contribution < -0.4 is 0 Å². The van der Waals surface area contributed by atoms with E-state index in [-0.39, 0.29) is 0 Å². The van der Waals surface area contributed by atoms with Gasteiger partial charge in [-0.15, -0.1) is 0 Å². The maximum absolute atomic E-state index is 8.83. The van der Waals surface area contributed by atoms with Gasteiger partial charge in [0.1, 0.15) is 5.82 Å². The van der Waals surface area contributed by atoms with E-state index in [4.69, 9.17) is 5.26 Å². The van der Waals surface area contributed by atoms with Gasteiger partial charge in [-0.05, 0) is 12.5 Å². The lowest BCUT2D eigenvalue weighted by atomic mass is 10.1. The monoisotopic (exact) mass is 209 g/mol. The number of aryl methyl sites for hydroxylation is 1. The molecule has 1 aromatic carbocycles. The number of nitriles is 1. The van der Waals surface area contributed by atoms with E-state index in [0.717, 1.165) is 17.1 Å². The SMILES string of the molecule is Cc1nccn1/C(=C\C#N)c1ccccc1. The van der Waals surface area contributed by atoms with Gasteiger partial charge in [-0.3, -0.25) is 0 Å². The molecule has 0 bridgehead atoms. The zero-order valence-electron chi connectivity index (χ0n) is 8.96. The quantitative estimate of drug-likeness (QED) is 0.713. The lowest BCUT2D eigenvalue weighted by molar-refractivity contribution is 0.998. The first kappa shape index (κ1) is 10.2. The van der Waals surface area contributed by atoms with Crippen molar-refractivity contribution in [1.29, 1.82) is 5.26 Å². The highest BCUT2D eigenvalue weighted by Gasteiger charge is 2.05. The molecule has 0 atom stereocenters. The van der Waals surface area contributed by atoms with Crippen molar-refractivity contribution in [3.8, 4) is 6.07 Å². The molecule has 1 heterocycles. The lowest BCUT2D eigenvalue weighted by Crippen LogP contribution is -1.99. The van der Waals surface area contributed by atoms with Gasteiger partial charge in [0.05, 0.1) is 11.8 Å². The highest BCUT2D eigenvalue weighted by atomic mass is 15.1. The average molecular weight is 209 g/mol. The Labute approximate surface area is 94.3 Å². The molecule has 3 nitrogen and oxygen atoms in total. The number of allylic oxidation sites excluding steroid dienone is 1. The second-order valence-electron chi connectivity index (χ2n) is 3.37. The smallest absolute Gasteiger partial charge is 0.110 e. The molecular weight excluding hydrogens is 198 g/mol. The molecule has 2 aromatic rings. The molecule has 16 heavy (non-hydrogen) atoms. The summed E-state index contributed by atoms with van der Waals surface area (Å²) >= 11 is 0. The van der Waals surface area contributed by atoms with Crippen LogP contribution >= 0.6 is 0 Å². The summed E-state index contributed by atoms with van der Waals surface area (Å²) < 4.78 is 1.90. The van der Waals surface area contributed by atoms with Crippen LogP contribution in [-0.4, -0.2) is 9.55 Å². The second kappa shape index (κ2) is 4.45. The summed E-state index contributed by atoms with van der Waals surface area (Å²) in [5.41, 5.74) is 1.85. The highest BCUT2D eigenvalue weighted by molar-refractivity contribution is 5.68. The number of rotatable bonds is 2. The number of hydrogen-bond donors (Lipinski definition) is 0. The maximum Gasteiger partial charge on any atom is 0.110 e. The van der Waals surface area contributed by atoms with E-state index in [1.807, 2.05) is 48.0 Å². The topological polar surface area (TPSA) is 41.6 Å². The van der Waals surface area contributed by atoms with Crippen molar-refractivity contribution in [2.75, 3.05) is 0 Å². The van der Waals surface area contributed by atoms with Crippen LogP contribution in [0.4, 0.5) is 0 Å². The minimum atomic E-state index is 0.845. The third kappa shape index (κ3) is 1.86. The standard InChI is InChI=1S/C13H11N3/c1-11-15-9-10-16(11)13(7-8-14)12-5-3-2-4-6-12/h2-7,9-10H,1H3/b13-7-. The van der Waals surface area contributed by atoms with E-state index in [2.05, 4.69) is 11.1 Å². The van der Waals surface area contributed by atoms with Crippen LogP contribution in [0.1, 0.15) is 11.4 Å². The molecule has 0 spiro atoms. The van der Waals surface area contributed by atoms with Crippen LogP contribution in [0.5, 0.6) is 0 Å². The van der Waals surface area contributed by atoms with Gasteiger partial charge in [0.15, 0.2) is 0 Å². The number of aromatic nitrogens is 2. The molecule has 0 aliphatic heterocycles. The Balaban J connectivity index is 2.54. The van der Waals surface area contributed by atoms with Gasteiger partial charge in [0.2, 0.25) is 0 Å². The summed E-state index contributed by atoms with van der Waals surface area (Å²) in [6.07, 6.45) is 5.11. The minimum Gasteiger partial charge on any atom is -0.303 e. The molecule has 0 aliphatic rings. The van der Waals surface area contributed by atoms with Gasteiger partial charge < -0.3 is 4.57 Å². The zero-order valence-corrected chi connectivity index (χ0v) is 8.96. The summed E-state index contributed by atoms with van der Waals surface area (Å²) in [4.78, 5) is 4.16. The molecular formula is C13H11N3. The van der Waals surface area contributed by atoms with E-state index in [0.29, 0.717) is 0 Å². The van der Waals surface area contributed by atoms with Gasteiger partial charge >= 0.3 is 0 Å². The van der Waals surface area contributed by atoms with Crippen molar-refractivity contribution in [3.05, 3.63) is 60.2 Å². The Morgan fingerprint density at radius 3 is 2.69 bits per heavy atom. The summed E-state index contributed by atoms with van der Waals surface area (Å²) in [6.45, 7) is 1.91. The Morgan fingerprint density at radius 2 is 2.12 bits per heavy atom. The second-order valence-corrected chi connectivity index (χ2v) is 3.37. The third-order valence-electron chi connectivity index (χ3n) is 2.36. The Bertz CT molecular complexity index is 544. The minimum absolute atomic E-state index is 0.845. The number of benzene rings is 1. The van der Waals surface area contributed by atoms with Crippen molar-refractivity contribution in [2.45, 2.75) is 6.92 Å². The number of imidazole rings is 1. The molecule has 0 radical (unpaired) electrons. The predicted molar refractivity (Wildman–Crippen MR) is 62.4 cm³/mol. The van der Waals surface area contributed by atoms with E-state index in [9.17, 15) is 0 Å². The molecule has 0 unspecified atom stereocenters. The molecule has 0 saturated carbocycles. The van der Waals surface area contributed by atoms with Crippen LogP contribution in [0.15, 0.2) is 48.8 Å². The van der Waals surface area contributed by atoms with Crippen molar-refractivity contribution in [2.24, 2.45) is 0 Å². The Hall–Kier alpha value is -2.34. The maximum atomic E-state index is 8.83. The fourth-order valence-electron chi connectivity index (χ4n) is 1.59. The van der Waals surface area contributed by atoms with E-state index in [1.54, 1.807) is 6.20 Å².